The number of aliphatic carboxylic acids is 1. The molecule has 2 unspecified atom stereocenters. The predicted molar refractivity (Wildman–Crippen MR) is 129 cm³/mol. The molecule has 1 heterocycles. The van der Waals surface area contributed by atoms with Crippen molar-refractivity contribution in [2.45, 2.75) is 58.7 Å². The van der Waals surface area contributed by atoms with E-state index in [1.807, 2.05) is 26.0 Å². The van der Waals surface area contributed by atoms with E-state index in [1.165, 1.54) is 5.56 Å². The van der Waals surface area contributed by atoms with E-state index in [4.69, 9.17) is 21.4 Å². The van der Waals surface area contributed by atoms with Gasteiger partial charge in [-0.1, -0.05) is 23.7 Å². The van der Waals surface area contributed by atoms with Crippen molar-refractivity contribution in [1.29, 1.82) is 0 Å². The van der Waals surface area contributed by atoms with Crippen LogP contribution in [-0.2, 0) is 16.0 Å². The largest absolute Gasteiger partial charge is 0.481 e. The van der Waals surface area contributed by atoms with E-state index in [2.05, 4.69) is 11.0 Å². The molecule has 1 aliphatic heterocycles. The Bertz CT molecular complexity index is 951. The van der Waals surface area contributed by atoms with Gasteiger partial charge in [-0.2, -0.15) is 0 Å². The number of hydrogen-bond donors (Lipinski definition) is 2. The molecule has 1 aliphatic rings. The second-order valence-electron chi connectivity index (χ2n) is 8.74. The number of β-amino-alcohol motifs (C(OH)–C–C–N with tert-alkyl or cyclic N) is 1. The number of carboxylic acid groups (broad SMARTS) is 1. The second kappa shape index (κ2) is 13.7. The fourth-order valence-electron chi connectivity index (χ4n) is 3.84. The second-order valence-corrected chi connectivity index (χ2v) is 9.15. The number of carboxylic acids is 1. The maximum absolute atomic E-state index is 14.0. The van der Waals surface area contributed by atoms with E-state index in [0.717, 1.165) is 48.6 Å². The van der Waals surface area contributed by atoms with Gasteiger partial charge in [-0.15, -0.1) is 0 Å². The highest BCUT2D eigenvalue weighted by Gasteiger charge is 2.20. The Morgan fingerprint density at radius 3 is 2.44 bits per heavy atom. The molecule has 2 N–H and O–H groups in total. The summed E-state index contributed by atoms with van der Waals surface area (Å²) in [4.78, 5) is 12.9. The lowest BCUT2D eigenvalue weighted by Gasteiger charge is -2.22. The highest BCUT2D eigenvalue weighted by Crippen LogP contribution is 2.26. The summed E-state index contributed by atoms with van der Waals surface area (Å²) in [6, 6.07) is 7.96. The standard InChI is InChI=1S/C18H25F2NO4.C8H9Cl/c1-12(25-11-14(22)10-21-6-2-3-7-21)16-8-13(19)9-17(20)15(16)4-5-18(23)24;1-6-3-4-7(2)8(9)5-6/h8-9,12,14,22H,2-7,10-11H2,1H3,(H,23,24);3-5H,1-2H3. The van der Waals surface area contributed by atoms with Crippen LogP contribution in [0.3, 0.4) is 0 Å². The van der Waals surface area contributed by atoms with E-state index in [0.29, 0.717) is 6.54 Å². The van der Waals surface area contributed by atoms with Crippen LogP contribution in [0.25, 0.3) is 0 Å². The van der Waals surface area contributed by atoms with Crippen molar-refractivity contribution in [3.8, 4) is 0 Å². The number of nitrogens with zero attached hydrogens (tertiary/aromatic N) is 1. The van der Waals surface area contributed by atoms with E-state index in [-0.39, 0.29) is 30.6 Å². The Hall–Kier alpha value is -2.06. The number of carbonyl (C=O) groups is 1. The maximum atomic E-state index is 14.0. The van der Waals surface area contributed by atoms with Crippen LogP contribution in [0.5, 0.6) is 0 Å². The normalized spacial score (nSPS) is 15.5. The predicted octanol–water partition coefficient (Wildman–Crippen LogP) is 5.47. The van der Waals surface area contributed by atoms with Crippen LogP contribution >= 0.6 is 11.6 Å². The van der Waals surface area contributed by atoms with Crippen LogP contribution in [0.15, 0.2) is 30.3 Å². The van der Waals surface area contributed by atoms with Crippen molar-refractivity contribution in [2.75, 3.05) is 26.2 Å². The molecule has 1 saturated heterocycles. The van der Waals surface area contributed by atoms with Crippen molar-refractivity contribution >= 4 is 17.6 Å². The first-order valence-corrected chi connectivity index (χ1v) is 11.9. The first-order valence-electron chi connectivity index (χ1n) is 11.5. The van der Waals surface area contributed by atoms with Crippen LogP contribution in [0, 0.1) is 25.5 Å². The smallest absolute Gasteiger partial charge is 0.303 e. The van der Waals surface area contributed by atoms with Gasteiger partial charge in [0.25, 0.3) is 0 Å². The molecule has 3 rings (SSSR count). The van der Waals surface area contributed by atoms with Crippen molar-refractivity contribution in [3.05, 3.63) is 69.2 Å². The van der Waals surface area contributed by atoms with Gasteiger partial charge in [0.05, 0.1) is 18.8 Å². The molecular weight excluding hydrogens is 464 g/mol. The summed E-state index contributed by atoms with van der Waals surface area (Å²) < 4.78 is 33.2. The van der Waals surface area contributed by atoms with Gasteiger partial charge in [0.15, 0.2) is 0 Å². The first kappa shape index (κ1) is 28.2. The lowest BCUT2D eigenvalue weighted by molar-refractivity contribution is -0.136. The quantitative estimate of drug-likeness (QED) is 0.480. The minimum Gasteiger partial charge on any atom is -0.481 e. The van der Waals surface area contributed by atoms with Crippen LogP contribution < -0.4 is 0 Å². The molecule has 0 aliphatic carbocycles. The molecule has 0 amide bonds. The van der Waals surface area contributed by atoms with Crippen molar-refractivity contribution in [1.82, 2.24) is 4.90 Å². The number of hydrogen-bond acceptors (Lipinski definition) is 4. The zero-order valence-corrected chi connectivity index (χ0v) is 20.7. The van der Waals surface area contributed by atoms with Gasteiger partial charge in [0, 0.05) is 24.1 Å². The Morgan fingerprint density at radius 2 is 1.85 bits per heavy atom. The summed E-state index contributed by atoms with van der Waals surface area (Å²) in [5, 5.41) is 19.7. The number of aliphatic hydroxyl groups is 1. The number of benzene rings is 2. The number of rotatable bonds is 9. The summed E-state index contributed by atoms with van der Waals surface area (Å²) in [7, 11) is 0. The lowest BCUT2D eigenvalue weighted by atomic mass is 9.98. The van der Waals surface area contributed by atoms with Gasteiger partial charge in [0.2, 0.25) is 0 Å². The maximum Gasteiger partial charge on any atom is 0.303 e. The molecule has 34 heavy (non-hydrogen) atoms. The Morgan fingerprint density at radius 1 is 1.18 bits per heavy atom. The zero-order valence-electron chi connectivity index (χ0n) is 20.0. The SMILES string of the molecule is CC(OCC(O)CN1CCCC1)c1cc(F)cc(F)c1CCC(=O)O.Cc1ccc(C)c(Cl)c1. The molecule has 8 heteroatoms. The highest BCUT2D eigenvalue weighted by atomic mass is 35.5. The van der Waals surface area contributed by atoms with Gasteiger partial charge >= 0.3 is 5.97 Å². The lowest BCUT2D eigenvalue weighted by Crippen LogP contribution is -2.33. The average molecular weight is 498 g/mol. The molecule has 0 spiro atoms. The number of aliphatic hydroxyl groups excluding tert-OH is 1. The molecule has 1 fully saturated rings. The molecule has 0 bridgehead atoms. The first-order chi connectivity index (χ1) is 16.1. The van der Waals surface area contributed by atoms with Crippen molar-refractivity contribution in [2.24, 2.45) is 0 Å². The van der Waals surface area contributed by atoms with Gasteiger partial charge in [-0.25, -0.2) is 8.78 Å². The molecule has 0 saturated carbocycles. The van der Waals surface area contributed by atoms with E-state index < -0.39 is 29.8 Å². The summed E-state index contributed by atoms with van der Waals surface area (Å²) in [5.41, 5.74) is 2.78. The van der Waals surface area contributed by atoms with E-state index in [9.17, 15) is 18.7 Å². The zero-order chi connectivity index (χ0) is 25.3. The topological polar surface area (TPSA) is 70.0 Å². The average Bonchev–Trinajstić information content (AvgIpc) is 3.27. The monoisotopic (exact) mass is 497 g/mol. The van der Waals surface area contributed by atoms with Gasteiger partial charge in [-0.3, -0.25) is 4.79 Å². The molecule has 0 radical (unpaired) electrons. The summed E-state index contributed by atoms with van der Waals surface area (Å²) in [6.07, 6.45) is 0.628. The molecule has 5 nitrogen and oxygen atoms in total. The summed E-state index contributed by atoms with van der Waals surface area (Å²) >= 11 is 5.81. The van der Waals surface area contributed by atoms with Gasteiger partial charge in [-0.05, 0) is 87.5 Å². The number of likely N-dealkylation sites (tertiary alicyclic amines) is 1. The highest BCUT2D eigenvalue weighted by molar-refractivity contribution is 6.31. The minimum atomic E-state index is -1.05. The minimum absolute atomic E-state index is 0.0409. The summed E-state index contributed by atoms with van der Waals surface area (Å²) in [6.45, 7) is 8.15. The molecule has 2 atom stereocenters. The van der Waals surface area contributed by atoms with Crippen molar-refractivity contribution in [3.63, 3.8) is 0 Å². The third-order valence-corrected chi connectivity index (χ3v) is 6.16. The molecule has 188 valence electrons. The van der Waals surface area contributed by atoms with Crippen LogP contribution in [0.1, 0.15) is 54.5 Å². The van der Waals surface area contributed by atoms with Gasteiger partial charge in [0.1, 0.15) is 11.6 Å². The molecule has 0 aromatic heterocycles. The van der Waals surface area contributed by atoms with E-state index in [1.54, 1.807) is 6.92 Å². The third-order valence-electron chi connectivity index (χ3n) is 5.76. The van der Waals surface area contributed by atoms with Crippen LogP contribution in [0.2, 0.25) is 5.02 Å². The Balaban J connectivity index is 0.000000379. The third kappa shape index (κ3) is 9.29. The fraction of sp³-hybridized carbons (Fsp3) is 0.500. The Labute approximate surface area is 205 Å². The van der Waals surface area contributed by atoms with E-state index >= 15 is 0 Å². The van der Waals surface area contributed by atoms with Gasteiger partial charge < -0.3 is 19.8 Å². The van der Waals surface area contributed by atoms with Crippen molar-refractivity contribution < 1.29 is 28.5 Å². The van der Waals surface area contributed by atoms with Crippen LogP contribution in [-0.4, -0.2) is 53.4 Å². The number of ether oxygens (including phenoxy) is 1. The number of aryl methyl sites for hydroxylation is 2. The fourth-order valence-corrected chi connectivity index (χ4v) is 4.08. The Kier molecular flexibility index (Phi) is 11.4. The number of halogens is 3. The molecule has 2 aromatic carbocycles. The molecule has 2 aromatic rings. The van der Waals surface area contributed by atoms with Crippen LogP contribution in [0.4, 0.5) is 8.78 Å². The summed E-state index contributed by atoms with van der Waals surface area (Å²) in [5.74, 6) is -2.56. The molecular formula is C26H34ClF2NO4.